The predicted octanol–water partition coefficient (Wildman–Crippen LogP) is 2.82. The number of nitrogens with one attached hydrogen (secondary N) is 1. The van der Waals surface area contributed by atoms with Crippen LogP contribution in [0.15, 0.2) is 47.4 Å². The number of ether oxygens (including phenoxy) is 1. The average Bonchev–Trinajstić information content (AvgIpc) is 3.25. The fourth-order valence-corrected chi connectivity index (χ4v) is 5.89. The molecule has 0 bridgehead atoms. The number of hydrogen-bond acceptors (Lipinski definition) is 6. The van der Waals surface area contributed by atoms with Crippen molar-refractivity contribution in [3.63, 3.8) is 0 Å². The Morgan fingerprint density at radius 1 is 1.21 bits per heavy atom. The van der Waals surface area contributed by atoms with Gasteiger partial charge in [0, 0.05) is 19.3 Å². The molecule has 1 atom stereocenters. The number of aromatic nitrogens is 3. The monoisotopic (exact) mass is 471 g/mol. The highest BCUT2D eigenvalue weighted by Crippen LogP contribution is 2.28. The number of benzene rings is 2. The molecule has 0 spiro atoms. The summed E-state index contributed by atoms with van der Waals surface area (Å²) in [4.78, 5) is 13.3. The van der Waals surface area contributed by atoms with Crippen LogP contribution in [0.4, 0.5) is 5.69 Å². The normalized spacial score (nSPS) is 17.3. The lowest BCUT2D eigenvalue weighted by Crippen LogP contribution is -2.49. The van der Waals surface area contributed by atoms with E-state index >= 15 is 0 Å². The largest absolute Gasteiger partial charge is 0.383 e. The number of nitrogens with zero attached hydrogens (tertiary/aromatic N) is 4. The highest BCUT2D eigenvalue weighted by atomic mass is 32.2. The van der Waals surface area contributed by atoms with Gasteiger partial charge in [0.15, 0.2) is 0 Å². The zero-order chi connectivity index (χ0) is 23.4. The molecular formula is C23H29N5O4S. The number of hydrogen-bond donors (Lipinski definition) is 1. The molecule has 2 heterocycles. The molecule has 176 valence electrons. The van der Waals surface area contributed by atoms with Crippen molar-refractivity contribution in [1.29, 1.82) is 0 Å². The van der Waals surface area contributed by atoms with Crippen LogP contribution < -0.4 is 5.32 Å². The number of para-hydroxylation sites is 1. The summed E-state index contributed by atoms with van der Waals surface area (Å²) in [6.45, 7) is 3.31. The number of carbonyl (C=O) groups is 1. The van der Waals surface area contributed by atoms with E-state index in [0.717, 1.165) is 29.6 Å². The Bertz CT molecular complexity index is 1240. The quantitative estimate of drug-likeness (QED) is 0.541. The van der Waals surface area contributed by atoms with Crippen LogP contribution in [0.1, 0.15) is 31.7 Å². The van der Waals surface area contributed by atoms with E-state index in [1.807, 2.05) is 31.2 Å². The van der Waals surface area contributed by atoms with Crippen LogP contribution in [0.25, 0.3) is 11.0 Å². The van der Waals surface area contributed by atoms with Crippen LogP contribution in [0.5, 0.6) is 0 Å². The van der Waals surface area contributed by atoms with Gasteiger partial charge in [-0.2, -0.15) is 4.31 Å². The number of sulfonamides is 1. The summed E-state index contributed by atoms with van der Waals surface area (Å²) >= 11 is 0. The Hall–Kier alpha value is -2.82. The second kappa shape index (κ2) is 9.98. The third kappa shape index (κ3) is 4.78. The van der Waals surface area contributed by atoms with Gasteiger partial charge in [-0.05, 0) is 49.1 Å². The van der Waals surface area contributed by atoms with Crippen molar-refractivity contribution >= 4 is 32.7 Å². The number of aryl methyl sites for hydroxylation is 1. The number of fused-ring (bicyclic) bond motifs is 1. The van der Waals surface area contributed by atoms with Crippen molar-refractivity contribution < 1.29 is 17.9 Å². The van der Waals surface area contributed by atoms with Crippen LogP contribution in [-0.4, -0.2) is 59.9 Å². The zero-order valence-electron chi connectivity index (χ0n) is 18.9. The first-order chi connectivity index (χ1) is 16.0. The number of amides is 1. The lowest BCUT2D eigenvalue weighted by atomic mass is 10.0. The minimum atomic E-state index is -3.89. The molecule has 33 heavy (non-hydrogen) atoms. The van der Waals surface area contributed by atoms with Gasteiger partial charge in [0.1, 0.15) is 11.6 Å². The van der Waals surface area contributed by atoms with Gasteiger partial charge in [0.2, 0.25) is 15.9 Å². The maximum absolute atomic E-state index is 13.6. The van der Waals surface area contributed by atoms with Gasteiger partial charge in [-0.3, -0.25) is 4.79 Å². The van der Waals surface area contributed by atoms with E-state index in [0.29, 0.717) is 38.1 Å². The van der Waals surface area contributed by atoms with Gasteiger partial charge >= 0.3 is 0 Å². The molecule has 3 aromatic rings. The summed E-state index contributed by atoms with van der Waals surface area (Å²) in [6, 6.07) is 11.6. The van der Waals surface area contributed by atoms with Crippen LogP contribution in [0.2, 0.25) is 0 Å². The summed E-state index contributed by atoms with van der Waals surface area (Å²) < 4.78 is 35.2. The van der Waals surface area contributed by atoms with E-state index in [1.165, 1.54) is 10.4 Å². The van der Waals surface area contributed by atoms with E-state index in [-0.39, 0.29) is 10.8 Å². The molecule has 1 saturated heterocycles. The molecule has 2 aromatic carbocycles. The third-order valence-corrected chi connectivity index (χ3v) is 7.92. The van der Waals surface area contributed by atoms with E-state index in [9.17, 15) is 13.2 Å². The van der Waals surface area contributed by atoms with Gasteiger partial charge in [-0.1, -0.05) is 36.8 Å². The van der Waals surface area contributed by atoms with Crippen molar-refractivity contribution in [1.82, 2.24) is 19.3 Å². The van der Waals surface area contributed by atoms with Crippen molar-refractivity contribution in [2.75, 3.05) is 25.6 Å². The molecule has 1 aliphatic heterocycles. The maximum Gasteiger partial charge on any atom is 0.243 e. The average molecular weight is 472 g/mol. The Morgan fingerprint density at radius 2 is 2.03 bits per heavy atom. The molecule has 1 aliphatic rings. The summed E-state index contributed by atoms with van der Waals surface area (Å²) in [5.74, 6) is -0.300. The number of methoxy groups -OCH3 is 1. The number of carbonyl (C=O) groups excluding carboxylic acids is 1. The van der Waals surface area contributed by atoms with E-state index in [4.69, 9.17) is 4.74 Å². The highest BCUT2D eigenvalue weighted by molar-refractivity contribution is 7.89. The van der Waals surface area contributed by atoms with Crippen LogP contribution in [-0.2, 0) is 32.5 Å². The molecule has 0 aliphatic carbocycles. The molecule has 4 rings (SSSR count). The zero-order valence-corrected chi connectivity index (χ0v) is 19.7. The van der Waals surface area contributed by atoms with Crippen LogP contribution in [0, 0.1) is 0 Å². The van der Waals surface area contributed by atoms with Gasteiger partial charge in [0.05, 0.1) is 23.6 Å². The van der Waals surface area contributed by atoms with Crippen LogP contribution in [0.3, 0.4) is 0 Å². The summed E-state index contributed by atoms with van der Waals surface area (Å²) in [6.07, 6.45) is 2.76. The lowest BCUT2D eigenvalue weighted by Gasteiger charge is -2.33. The standard InChI is InChI=1S/C23H29N5O4S/c1-3-17-8-4-5-9-19(17)24-23(29)22-10-6-7-13-28(22)33(30,31)18-11-12-21-20(16-18)25-26-27(21)14-15-32-2/h4-5,8-9,11-12,16,22H,3,6-7,10,13-15H2,1-2H3,(H,24,29)/t22-/m0/s1. The second-order valence-electron chi connectivity index (χ2n) is 8.08. The van der Waals surface area contributed by atoms with Crippen molar-refractivity contribution in [3.05, 3.63) is 48.0 Å². The predicted molar refractivity (Wildman–Crippen MR) is 125 cm³/mol. The van der Waals surface area contributed by atoms with Gasteiger partial charge in [0.25, 0.3) is 0 Å². The SMILES string of the molecule is CCc1ccccc1NC(=O)[C@@H]1CCCCN1S(=O)(=O)c1ccc2c(c1)nnn2CCOC. The topological polar surface area (TPSA) is 106 Å². The molecule has 0 unspecified atom stereocenters. The molecule has 9 nitrogen and oxygen atoms in total. The molecule has 0 radical (unpaired) electrons. The number of anilines is 1. The third-order valence-electron chi connectivity index (χ3n) is 6.01. The Labute approximate surface area is 193 Å². The molecule has 1 aromatic heterocycles. The van der Waals surface area contributed by atoms with E-state index < -0.39 is 16.1 Å². The minimum absolute atomic E-state index is 0.113. The first-order valence-corrected chi connectivity index (χ1v) is 12.6. The number of piperidine rings is 1. The van der Waals surface area contributed by atoms with Gasteiger partial charge in [-0.25, -0.2) is 13.1 Å². The van der Waals surface area contributed by atoms with Crippen LogP contribution >= 0.6 is 0 Å². The van der Waals surface area contributed by atoms with Crippen molar-refractivity contribution in [3.8, 4) is 0 Å². The van der Waals surface area contributed by atoms with Crippen molar-refractivity contribution in [2.45, 2.75) is 50.1 Å². The molecule has 1 fully saturated rings. The maximum atomic E-state index is 13.6. The molecule has 1 N–H and O–H groups in total. The molecule has 10 heteroatoms. The molecular weight excluding hydrogens is 442 g/mol. The molecule has 0 saturated carbocycles. The second-order valence-corrected chi connectivity index (χ2v) is 9.97. The summed E-state index contributed by atoms with van der Waals surface area (Å²) in [5.41, 5.74) is 2.96. The summed E-state index contributed by atoms with van der Waals surface area (Å²) in [5, 5.41) is 11.2. The first kappa shape index (κ1) is 23.3. The lowest BCUT2D eigenvalue weighted by molar-refractivity contribution is -0.120. The Balaban J connectivity index is 1.60. The number of rotatable bonds is 8. The Morgan fingerprint density at radius 3 is 2.82 bits per heavy atom. The minimum Gasteiger partial charge on any atom is -0.383 e. The van der Waals surface area contributed by atoms with Gasteiger partial charge < -0.3 is 10.1 Å². The Kier molecular flexibility index (Phi) is 7.06. The van der Waals surface area contributed by atoms with Gasteiger partial charge in [-0.15, -0.1) is 5.10 Å². The fourth-order valence-electron chi connectivity index (χ4n) is 4.21. The van der Waals surface area contributed by atoms with Crippen molar-refractivity contribution in [2.24, 2.45) is 0 Å². The van der Waals surface area contributed by atoms with E-state index in [1.54, 1.807) is 23.9 Å². The molecule has 1 amide bonds. The van der Waals surface area contributed by atoms with E-state index in [2.05, 4.69) is 15.6 Å². The smallest absolute Gasteiger partial charge is 0.243 e. The highest BCUT2D eigenvalue weighted by Gasteiger charge is 2.38. The first-order valence-electron chi connectivity index (χ1n) is 11.2. The summed E-state index contributed by atoms with van der Waals surface area (Å²) in [7, 11) is -2.29. The fraction of sp³-hybridized carbons (Fsp3) is 0.435.